The van der Waals surface area contributed by atoms with Crippen molar-refractivity contribution in [3.8, 4) is 0 Å². The molecule has 0 radical (unpaired) electrons. The average molecular weight is 236 g/mol. The van der Waals surface area contributed by atoms with Crippen molar-refractivity contribution in [2.45, 2.75) is 39.9 Å². The molecule has 0 fully saturated rings. The van der Waals surface area contributed by atoms with Crippen LogP contribution >= 0.6 is 0 Å². The summed E-state index contributed by atoms with van der Waals surface area (Å²) in [6, 6.07) is 7.34. The Hall–Kier alpha value is -1.35. The van der Waals surface area contributed by atoms with Crippen molar-refractivity contribution in [2.75, 3.05) is 6.61 Å². The highest BCUT2D eigenvalue weighted by Gasteiger charge is 2.06. The molecule has 1 aromatic carbocycles. The number of esters is 1. The van der Waals surface area contributed by atoms with E-state index in [-0.39, 0.29) is 12.1 Å². The molecule has 0 aromatic heterocycles. The summed E-state index contributed by atoms with van der Waals surface area (Å²) in [4.78, 5) is 11.5. The third kappa shape index (κ3) is 5.00. The number of hydrogen-bond donors (Lipinski definition) is 0. The van der Waals surface area contributed by atoms with Gasteiger partial charge in [-0.05, 0) is 38.0 Å². The molecule has 0 bridgehead atoms. The minimum atomic E-state index is -0.261. The van der Waals surface area contributed by atoms with Crippen LogP contribution in [0.25, 0.3) is 0 Å². The molecule has 17 heavy (non-hydrogen) atoms. The van der Waals surface area contributed by atoms with Gasteiger partial charge in [0.05, 0.1) is 24.9 Å². The van der Waals surface area contributed by atoms with E-state index in [4.69, 9.17) is 9.47 Å². The lowest BCUT2D eigenvalue weighted by Gasteiger charge is -2.08. The zero-order valence-electron chi connectivity index (χ0n) is 10.7. The maximum atomic E-state index is 11.5. The first-order chi connectivity index (χ1) is 8.13. The lowest BCUT2D eigenvalue weighted by atomic mass is 10.1. The molecule has 0 aliphatic rings. The van der Waals surface area contributed by atoms with Crippen molar-refractivity contribution >= 4 is 5.97 Å². The lowest BCUT2D eigenvalue weighted by molar-refractivity contribution is 0.0504. The van der Waals surface area contributed by atoms with Gasteiger partial charge in [-0.15, -0.1) is 0 Å². The minimum Gasteiger partial charge on any atom is -0.462 e. The highest BCUT2D eigenvalue weighted by molar-refractivity contribution is 5.89. The van der Waals surface area contributed by atoms with Crippen LogP contribution in [0, 0.1) is 0 Å². The summed E-state index contributed by atoms with van der Waals surface area (Å²) in [7, 11) is 0. The Morgan fingerprint density at radius 3 is 2.41 bits per heavy atom. The second-order valence-electron chi connectivity index (χ2n) is 4.19. The van der Waals surface area contributed by atoms with Gasteiger partial charge in [0.2, 0.25) is 0 Å². The van der Waals surface area contributed by atoms with E-state index in [2.05, 4.69) is 0 Å². The lowest BCUT2D eigenvalue weighted by Crippen LogP contribution is -2.06. The molecule has 0 amide bonds. The molecule has 94 valence electrons. The molecule has 0 spiro atoms. The third-order valence-corrected chi connectivity index (χ3v) is 2.21. The summed E-state index contributed by atoms with van der Waals surface area (Å²) in [5.74, 6) is -0.261. The van der Waals surface area contributed by atoms with Gasteiger partial charge in [0.1, 0.15) is 0 Å². The van der Waals surface area contributed by atoms with Crippen LogP contribution in [-0.2, 0) is 16.1 Å². The molecule has 1 aromatic rings. The summed E-state index contributed by atoms with van der Waals surface area (Å²) in [5, 5.41) is 0. The summed E-state index contributed by atoms with van der Waals surface area (Å²) in [6.07, 6.45) is 1.05. The average Bonchev–Trinajstić information content (AvgIpc) is 2.34. The molecule has 0 N–H and O–H groups in total. The fourth-order valence-electron chi connectivity index (χ4n) is 1.28. The Morgan fingerprint density at radius 2 is 1.88 bits per heavy atom. The monoisotopic (exact) mass is 236 g/mol. The first-order valence-electron chi connectivity index (χ1n) is 6.01. The first-order valence-corrected chi connectivity index (χ1v) is 6.01. The number of carbonyl (C=O) groups is 1. The van der Waals surface area contributed by atoms with Gasteiger partial charge in [-0.1, -0.05) is 19.1 Å². The number of ether oxygens (including phenoxy) is 2. The van der Waals surface area contributed by atoms with Crippen molar-refractivity contribution in [2.24, 2.45) is 0 Å². The smallest absolute Gasteiger partial charge is 0.338 e. The van der Waals surface area contributed by atoms with Crippen LogP contribution in [0.5, 0.6) is 0 Å². The van der Waals surface area contributed by atoms with E-state index < -0.39 is 0 Å². The van der Waals surface area contributed by atoms with E-state index >= 15 is 0 Å². The molecule has 0 saturated carbocycles. The molecular formula is C14H20O3. The van der Waals surface area contributed by atoms with E-state index in [9.17, 15) is 4.79 Å². The molecule has 3 heteroatoms. The largest absolute Gasteiger partial charge is 0.462 e. The fraction of sp³-hybridized carbons (Fsp3) is 0.500. The maximum absolute atomic E-state index is 11.5. The Morgan fingerprint density at radius 1 is 1.24 bits per heavy atom. The molecule has 0 saturated heterocycles. The normalized spacial score (nSPS) is 10.6. The molecule has 0 aliphatic carbocycles. The zero-order chi connectivity index (χ0) is 12.7. The standard InChI is InChI=1S/C14H20O3/c1-4-9-16-14(15)13-7-5-12(6-8-13)10-17-11(2)3/h5-8,11H,4,9-10H2,1-3H3. The van der Waals surface area contributed by atoms with Gasteiger partial charge in [-0.25, -0.2) is 4.79 Å². The summed E-state index contributed by atoms with van der Waals surface area (Å²) >= 11 is 0. The van der Waals surface area contributed by atoms with Crippen LogP contribution in [-0.4, -0.2) is 18.7 Å². The predicted molar refractivity (Wildman–Crippen MR) is 66.9 cm³/mol. The van der Waals surface area contributed by atoms with Crippen LogP contribution in [0.15, 0.2) is 24.3 Å². The van der Waals surface area contributed by atoms with Gasteiger partial charge >= 0.3 is 5.97 Å². The summed E-state index contributed by atoms with van der Waals surface area (Å²) < 4.78 is 10.5. The molecule has 1 rings (SSSR count). The fourth-order valence-corrected chi connectivity index (χ4v) is 1.28. The third-order valence-electron chi connectivity index (χ3n) is 2.21. The molecular weight excluding hydrogens is 216 g/mol. The van der Waals surface area contributed by atoms with Crippen LogP contribution in [0.1, 0.15) is 43.1 Å². The van der Waals surface area contributed by atoms with Crippen molar-refractivity contribution < 1.29 is 14.3 Å². The van der Waals surface area contributed by atoms with Crippen LogP contribution in [0.4, 0.5) is 0 Å². The Labute approximate surface area is 103 Å². The van der Waals surface area contributed by atoms with Gasteiger partial charge in [0, 0.05) is 0 Å². The predicted octanol–water partition coefficient (Wildman–Crippen LogP) is 3.18. The second kappa shape index (κ2) is 7.07. The van der Waals surface area contributed by atoms with Crippen molar-refractivity contribution in [1.29, 1.82) is 0 Å². The van der Waals surface area contributed by atoms with E-state index in [1.54, 1.807) is 12.1 Å². The van der Waals surface area contributed by atoms with E-state index in [1.165, 1.54) is 0 Å². The molecule has 0 atom stereocenters. The maximum Gasteiger partial charge on any atom is 0.338 e. The van der Waals surface area contributed by atoms with Gasteiger partial charge in [0.15, 0.2) is 0 Å². The number of rotatable bonds is 6. The number of benzene rings is 1. The van der Waals surface area contributed by atoms with Crippen LogP contribution in [0.3, 0.4) is 0 Å². The Kier molecular flexibility index (Phi) is 5.70. The van der Waals surface area contributed by atoms with E-state index in [0.717, 1.165) is 12.0 Å². The van der Waals surface area contributed by atoms with Crippen molar-refractivity contribution in [3.63, 3.8) is 0 Å². The van der Waals surface area contributed by atoms with Gasteiger partial charge in [0.25, 0.3) is 0 Å². The summed E-state index contributed by atoms with van der Waals surface area (Å²) in [6.45, 7) is 7.01. The highest BCUT2D eigenvalue weighted by Crippen LogP contribution is 2.08. The Balaban J connectivity index is 2.52. The quantitative estimate of drug-likeness (QED) is 0.712. The number of carbonyl (C=O) groups excluding carboxylic acids is 1. The summed E-state index contributed by atoms with van der Waals surface area (Å²) in [5.41, 5.74) is 1.65. The van der Waals surface area contributed by atoms with Gasteiger partial charge in [-0.3, -0.25) is 0 Å². The van der Waals surface area contributed by atoms with Gasteiger partial charge < -0.3 is 9.47 Å². The van der Waals surface area contributed by atoms with Crippen LogP contribution in [0.2, 0.25) is 0 Å². The van der Waals surface area contributed by atoms with Crippen molar-refractivity contribution in [3.05, 3.63) is 35.4 Å². The highest BCUT2D eigenvalue weighted by atomic mass is 16.5. The van der Waals surface area contributed by atoms with Gasteiger partial charge in [-0.2, -0.15) is 0 Å². The van der Waals surface area contributed by atoms with E-state index in [0.29, 0.717) is 18.8 Å². The number of hydrogen-bond acceptors (Lipinski definition) is 3. The topological polar surface area (TPSA) is 35.5 Å². The molecule has 0 heterocycles. The minimum absolute atomic E-state index is 0.212. The van der Waals surface area contributed by atoms with Crippen LogP contribution < -0.4 is 0 Å². The molecule has 0 unspecified atom stereocenters. The van der Waals surface area contributed by atoms with E-state index in [1.807, 2.05) is 32.9 Å². The molecule has 3 nitrogen and oxygen atoms in total. The first kappa shape index (κ1) is 13.7. The SMILES string of the molecule is CCCOC(=O)c1ccc(COC(C)C)cc1. The second-order valence-corrected chi connectivity index (χ2v) is 4.19. The zero-order valence-corrected chi connectivity index (χ0v) is 10.7. The van der Waals surface area contributed by atoms with Crippen molar-refractivity contribution in [1.82, 2.24) is 0 Å². The Bertz CT molecular complexity index is 341. The molecule has 0 aliphatic heterocycles.